The van der Waals surface area contributed by atoms with E-state index in [9.17, 15) is 38.4 Å². The number of piperidine rings is 2. The van der Waals surface area contributed by atoms with Crippen LogP contribution in [0.3, 0.4) is 0 Å². The number of fused-ring (bicyclic) bond motifs is 2. The van der Waals surface area contributed by atoms with Gasteiger partial charge in [0, 0.05) is 66.3 Å². The molecule has 4 N–H and O–H groups in total. The lowest BCUT2D eigenvalue weighted by Crippen LogP contribution is -2.54. The number of pyridine rings is 2. The molecule has 0 spiro atoms. The number of amides is 8. The number of hydrogen-bond donors (Lipinski definition) is 4. The van der Waals surface area contributed by atoms with Crippen LogP contribution in [-0.2, 0) is 25.7 Å². The third-order valence-electron chi connectivity index (χ3n) is 11.5. The molecule has 2 aromatic carbocycles. The maximum atomic E-state index is 13.8. The third kappa shape index (κ3) is 8.66. The lowest BCUT2D eigenvalue weighted by atomic mass is 10.0. The molecule has 0 saturated carbocycles. The van der Waals surface area contributed by atoms with Crippen LogP contribution >= 0.6 is 11.3 Å². The molecule has 0 aliphatic carbocycles. The molecule has 3 aromatic heterocycles. The molecule has 5 aromatic rings. The number of aromatic nitrogens is 3. The molecule has 2 unspecified atom stereocenters. The number of carbonyl (C=O) groups excluding carboxylic acids is 8. The maximum absolute atomic E-state index is 13.8. The van der Waals surface area contributed by atoms with E-state index in [2.05, 4.69) is 48.1 Å². The molecule has 2 saturated heterocycles. The average molecular weight is 891 g/mol. The summed E-state index contributed by atoms with van der Waals surface area (Å²) in [7, 11) is 0. The molecule has 2 fully saturated rings. The van der Waals surface area contributed by atoms with Gasteiger partial charge in [-0.25, -0.2) is 9.97 Å². The molecular weight excluding hydrogens is 853 g/mol. The van der Waals surface area contributed by atoms with Crippen molar-refractivity contribution in [2.24, 2.45) is 0 Å². The van der Waals surface area contributed by atoms with Crippen LogP contribution < -0.4 is 21.3 Å². The van der Waals surface area contributed by atoms with Crippen molar-refractivity contribution in [3.63, 3.8) is 0 Å². The molecule has 18 nitrogen and oxygen atoms in total. The number of benzene rings is 2. The molecule has 65 heavy (non-hydrogen) atoms. The van der Waals surface area contributed by atoms with Gasteiger partial charge in [-0.2, -0.15) is 0 Å². The molecule has 8 amide bonds. The van der Waals surface area contributed by atoms with Crippen LogP contribution in [0.1, 0.15) is 95.7 Å². The van der Waals surface area contributed by atoms with Crippen molar-refractivity contribution in [1.82, 2.24) is 40.3 Å². The Labute approximate surface area is 374 Å². The Morgan fingerprint density at radius 3 is 2.35 bits per heavy atom. The van der Waals surface area contributed by atoms with E-state index in [0.717, 1.165) is 4.90 Å². The predicted molar refractivity (Wildman–Crippen MR) is 233 cm³/mol. The minimum absolute atomic E-state index is 0.00479. The zero-order valence-electron chi connectivity index (χ0n) is 34.4. The Bertz CT molecular complexity index is 2840. The van der Waals surface area contributed by atoms with E-state index in [1.165, 1.54) is 28.5 Å². The predicted octanol–water partition coefficient (Wildman–Crippen LogP) is 2.90. The van der Waals surface area contributed by atoms with E-state index in [4.69, 9.17) is 0 Å². The highest BCUT2D eigenvalue weighted by molar-refractivity contribution is 7.13. The Hall–Kier alpha value is -8.11. The van der Waals surface area contributed by atoms with Crippen molar-refractivity contribution in [2.75, 3.05) is 30.3 Å². The van der Waals surface area contributed by atoms with Gasteiger partial charge in [-0.1, -0.05) is 48.2 Å². The van der Waals surface area contributed by atoms with Crippen molar-refractivity contribution in [1.29, 1.82) is 0 Å². The first-order valence-electron chi connectivity index (χ1n) is 20.7. The Kier molecular flexibility index (Phi) is 11.6. The number of thiazole rings is 1. The number of carbonyl (C=O) groups is 8. The van der Waals surface area contributed by atoms with Gasteiger partial charge in [0.15, 0.2) is 5.13 Å². The summed E-state index contributed by atoms with van der Waals surface area (Å²) in [6.07, 6.45) is 5.67. The van der Waals surface area contributed by atoms with Gasteiger partial charge in [0.2, 0.25) is 17.7 Å². The maximum Gasteiger partial charge on any atom is 0.270 e. The fourth-order valence-electron chi connectivity index (χ4n) is 8.26. The van der Waals surface area contributed by atoms with Crippen molar-refractivity contribution >= 4 is 69.4 Å². The highest BCUT2D eigenvalue weighted by atomic mass is 32.1. The third-order valence-corrected chi connectivity index (χ3v) is 12.2. The van der Waals surface area contributed by atoms with Crippen LogP contribution in [0.4, 0.5) is 10.8 Å². The molecule has 0 radical (unpaired) electrons. The Morgan fingerprint density at radius 2 is 1.62 bits per heavy atom. The van der Waals surface area contributed by atoms with Gasteiger partial charge in [-0.05, 0) is 55.2 Å². The summed E-state index contributed by atoms with van der Waals surface area (Å²) in [5.41, 5.74) is 3.19. The fraction of sp³-hybridized carbons (Fsp3) is 0.239. The summed E-state index contributed by atoms with van der Waals surface area (Å²) in [5.74, 6) is 2.19. The van der Waals surface area contributed by atoms with E-state index in [-0.39, 0.29) is 72.2 Å². The molecule has 7 heterocycles. The number of rotatable bonds is 10. The van der Waals surface area contributed by atoms with Gasteiger partial charge in [-0.3, -0.25) is 58.9 Å². The lowest BCUT2D eigenvalue weighted by Gasteiger charge is -2.32. The SMILES string of the molecule is O=C1CCC(N2C(=O)c3cccc(NCC(=O)N4CCC(NC(=O)c5ccc(C#Cc6cnc7c(c6)C(=O)N(C(C(=O)Nc6nccs6)c6ccccc6)C7)cn5)CC4)c3C2=O)C(=O)N1. The summed E-state index contributed by atoms with van der Waals surface area (Å²) in [6.45, 7) is 0.727. The Balaban J connectivity index is 0.762. The lowest BCUT2D eigenvalue weighted by molar-refractivity contribution is -0.136. The van der Waals surface area contributed by atoms with Crippen LogP contribution in [0.15, 0.2) is 90.7 Å². The summed E-state index contributed by atoms with van der Waals surface area (Å²) >= 11 is 1.28. The van der Waals surface area contributed by atoms with Crippen LogP contribution in [0.25, 0.3) is 0 Å². The van der Waals surface area contributed by atoms with Gasteiger partial charge in [0.1, 0.15) is 17.8 Å². The normalized spacial score (nSPS) is 17.4. The van der Waals surface area contributed by atoms with Gasteiger partial charge >= 0.3 is 0 Å². The van der Waals surface area contributed by atoms with E-state index in [0.29, 0.717) is 59.0 Å². The van der Waals surface area contributed by atoms with Crippen LogP contribution in [-0.4, -0.2) is 109 Å². The second-order valence-corrected chi connectivity index (χ2v) is 16.5. The molecule has 0 bridgehead atoms. The van der Waals surface area contributed by atoms with E-state index >= 15 is 0 Å². The zero-order chi connectivity index (χ0) is 45.2. The summed E-state index contributed by atoms with van der Waals surface area (Å²) in [5, 5.41) is 13.1. The molecule has 4 aliphatic rings. The minimum atomic E-state index is -1.10. The Morgan fingerprint density at radius 1 is 0.831 bits per heavy atom. The number of imide groups is 2. The molecule has 19 heteroatoms. The summed E-state index contributed by atoms with van der Waals surface area (Å²) in [6, 6.07) is 16.4. The first-order valence-corrected chi connectivity index (χ1v) is 21.6. The number of nitrogens with one attached hydrogen (secondary N) is 4. The van der Waals surface area contributed by atoms with E-state index in [1.807, 2.05) is 18.2 Å². The van der Waals surface area contributed by atoms with E-state index < -0.39 is 41.6 Å². The first kappa shape index (κ1) is 42.2. The minimum Gasteiger partial charge on any atom is -0.375 e. The van der Waals surface area contributed by atoms with Crippen molar-refractivity contribution < 1.29 is 38.4 Å². The second kappa shape index (κ2) is 17.9. The average Bonchev–Trinajstić information content (AvgIpc) is 4.02. The second-order valence-electron chi connectivity index (χ2n) is 15.6. The van der Waals surface area contributed by atoms with Gasteiger partial charge in [0.05, 0.1) is 35.5 Å². The fourth-order valence-corrected chi connectivity index (χ4v) is 8.79. The quantitative estimate of drug-likeness (QED) is 0.117. The topological polar surface area (TPSA) is 233 Å². The monoisotopic (exact) mass is 890 g/mol. The standard InChI is InChI=1S/C46H38N10O8S/c57-36-14-13-35(41(60)52-36)56-44(63)30-7-4-8-32(38(30)45(56)64)50-24-37(58)54-18-15-29(16-19-54)51-40(59)33-12-11-26(22-48-33)9-10-27-21-31-34(49-23-27)25-55(43(31)62)39(28-5-2-1-3-6-28)42(61)53-46-47-17-20-65-46/h1-8,11-12,17,20-23,29,35,39,50H,13-16,18-19,24-25H2,(H,51,59)(H,47,53,61)(H,52,57,60). The summed E-state index contributed by atoms with van der Waals surface area (Å²) < 4.78 is 0. The zero-order valence-corrected chi connectivity index (χ0v) is 35.2. The highest BCUT2D eigenvalue weighted by Crippen LogP contribution is 2.34. The molecular formula is C46H38N10O8S. The van der Waals surface area contributed by atoms with Gasteiger partial charge in [0.25, 0.3) is 29.5 Å². The van der Waals surface area contributed by atoms with Crippen molar-refractivity contribution in [2.45, 2.75) is 50.4 Å². The molecule has 2 atom stereocenters. The number of hydrogen-bond acceptors (Lipinski definition) is 13. The highest BCUT2D eigenvalue weighted by Gasteiger charge is 2.46. The van der Waals surface area contributed by atoms with E-state index in [1.54, 1.807) is 65.1 Å². The largest absolute Gasteiger partial charge is 0.375 e. The molecule has 4 aliphatic heterocycles. The van der Waals surface area contributed by atoms with Crippen LogP contribution in [0, 0.1) is 11.8 Å². The van der Waals surface area contributed by atoms with Crippen LogP contribution in [0.5, 0.6) is 0 Å². The van der Waals surface area contributed by atoms with Gasteiger partial charge in [-0.15, -0.1) is 11.3 Å². The number of nitrogens with zero attached hydrogens (tertiary/aromatic N) is 6. The van der Waals surface area contributed by atoms with Crippen molar-refractivity contribution in [3.8, 4) is 11.8 Å². The smallest absolute Gasteiger partial charge is 0.270 e. The number of anilines is 2. The van der Waals surface area contributed by atoms with Crippen LogP contribution in [0.2, 0.25) is 0 Å². The molecule has 326 valence electrons. The van der Waals surface area contributed by atoms with Crippen molar-refractivity contribution in [3.05, 3.63) is 135 Å². The first-order chi connectivity index (χ1) is 31.5. The van der Waals surface area contributed by atoms with Gasteiger partial charge < -0.3 is 20.4 Å². The number of likely N-dealkylation sites (tertiary alicyclic amines) is 1. The molecule has 9 rings (SSSR count). The summed E-state index contributed by atoms with van der Waals surface area (Å²) in [4.78, 5) is 121.